The molecule has 5 heteroatoms. The van der Waals surface area contributed by atoms with Crippen molar-refractivity contribution in [2.75, 3.05) is 24.7 Å². The monoisotopic (exact) mass is 320 g/mol. The van der Waals surface area contributed by atoms with Gasteiger partial charge in [-0.2, -0.15) is 0 Å². The van der Waals surface area contributed by atoms with Crippen LogP contribution in [0.15, 0.2) is 18.2 Å². The summed E-state index contributed by atoms with van der Waals surface area (Å²) in [7, 11) is 4.98. The highest BCUT2D eigenvalue weighted by atomic mass is 127. The Morgan fingerprint density at radius 1 is 1.47 bits per heavy atom. The summed E-state index contributed by atoms with van der Waals surface area (Å²) in [6.45, 7) is 0. The van der Waals surface area contributed by atoms with Crippen LogP contribution in [0, 0.1) is 0 Å². The lowest BCUT2D eigenvalue weighted by molar-refractivity contribution is 0.0824. The van der Waals surface area contributed by atoms with Gasteiger partial charge in [-0.05, 0) is 18.2 Å². The number of nitrogens with zero attached hydrogens (tertiary/aromatic N) is 1. The van der Waals surface area contributed by atoms with E-state index in [9.17, 15) is 4.79 Å². The van der Waals surface area contributed by atoms with E-state index in [1.165, 1.54) is 4.90 Å². The molecule has 1 aromatic carbocycles. The third-order valence-electron chi connectivity index (χ3n) is 1.95. The van der Waals surface area contributed by atoms with E-state index in [0.29, 0.717) is 11.3 Å². The first-order valence-corrected chi connectivity index (χ1v) is 5.44. The minimum atomic E-state index is -0.0691. The normalized spacial score (nSPS) is 9.60. The van der Waals surface area contributed by atoms with Gasteiger partial charge in [0.25, 0.3) is 5.91 Å². The van der Waals surface area contributed by atoms with Gasteiger partial charge >= 0.3 is 0 Å². The summed E-state index contributed by atoms with van der Waals surface area (Å²) in [5.41, 5.74) is 1.44. The molecule has 0 atom stereocenters. The van der Waals surface area contributed by atoms with Gasteiger partial charge in [0.15, 0.2) is 0 Å². The predicted molar refractivity (Wildman–Crippen MR) is 68.7 cm³/mol. The number of hydrogen-bond acceptors (Lipinski definition) is 3. The third-order valence-corrected chi connectivity index (χ3v) is 2.57. The van der Waals surface area contributed by atoms with Gasteiger partial charge < -0.3 is 13.2 Å². The Kier molecular flexibility index (Phi) is 4.19. The number of hydrogen-bond donors (Lipinski definition) is 1. The van der Waals surface area contributed by atoms with E-state index in [1.54, 1.807) is 33.3 Å². The summed E-state index contributed by atoms with van der Waals surface area (Å²) in [5, 5.41) is 0. The molecule has 82 valence electrons. The maximum atomic E-state index is 11.8. The lowest BCUT2D eigenvalue weighted by atomic mass is 10.1. The molecule has 0 unspecified atom stereocenters. The minimum Gasteiger partial charge on any atom is -0.496 e. The van der Waals surface area contributed by atoms with Crippen molar-refractivity contribution in [1.29, 1.82) is 0 Å². The Morgan fingerprint density at radius 3 is 2.60 bits per heavy atom. The van der Waals surface area contributed by atoms with E-state index < -0.39 is 0 Å². The summed E-state index contributed by atoms with van der Waals surface area (Å²) < 4.78 is 8.09. The Morgan fingerprint density at radius 2 is 2.13 bits per heavy atom. The highest BCUT2D eigenvalue weighted by molar-refractivity contribution is 14.1. The van der Waals surface area contributed by atoms with Gasteiger partial charge in [0.2, 0.25) is 0 Å². The number of amides is 1. The summed E-state index contributed by atoms with van der Waals surface area (Å²) in [6, 6.07) is 5.41. The number of carbonyl (C=O) groups is 1. The van der Waals surface area contributed by atoms with E-state index in [-0.39, 0.29) is 5.91 Å². The number of methoxy groups -OCH3 is 1. The Balaban J connectivity index is 3.17. The largest absolute Gasteiger partial charge is 0.496 e. The molecule has 0 aliphatic carbocycles. The number of anilines is 1. The van der Waals surface area contributed by atoms with E-state index in [1.807, 2.05) is 28.9 Å². The average Bonchev–Trinajstić information content (AvgIpc) is 2.27. The minimum absolute atomic E-state index is 0.0691. The molecular weight excluding hydrogens is 307 g/mol. The number of nitrogens with one attached hydrogen (secondary N) is 1. The molecule has 0 fully saturated rings. The second kappa shape index (κ2) is 5.20. The van der Waals surface area contributed by atoms with Gasteiger partial charge in [-0.3, -0.25) is 4.79 Å². The Hall–Kier alpha value is -0.980. The molecule has 15 heavy (non-hydrogen) atoms. The van der Waals surface area contributed by atoms with Gasteiger partial charge in [-0.25, -0.2) is 0 Å². The lowest BCUT2D eigenvalue weighted by Gasteiger charge is -2.14. The number of ether oxygens (including phenoxy) is 1. The molecule has 0 bridgehead atoms. The quantitative estimate of drug-likeness (QED) is 0.685. The van der Waals surface area contributed by atoms with Crippen LogP contribution in [-0.4, -0.2) is 32.0 Å². The van der Waals surface area contributed by atoms with Crippen molar-refractivity contribution in [3.8, 4) is 5.75 Å². The highest BCUT2D eigenvalue weighted by Gasteiger charge is 2.14. The van der Waals surface area contributed by atoms with Crippen LogP contribution in [0.1, 0.15) is 10.4 Å². The molecule has 1 aromatic rings. The van der Waals surface area contributed by atoms with Gasteiger partial charge in [0.1, 0.15) is 5.75 Å². The molecule has 0 saturated carbocycles. The van der Waals surface area contributed by atoms with Crippen LogP contribution in [0.5, 0.6) is 5.75 Å². The summed E-state index contributed by atoms with van der Waals surface area (Å²) >= 11 is 2.02. The van der Waals surface area contributed by atoms with Gasteiger partial charge in [0.05, 0.1) is 35.5 Å². The van der Waals surface area contributed by atoms with Crippen molar-refractivity contribution >= 4 is 34.5 Å². The molecule has 1 amide bonds. The molecule has 0 heterocycles. The second-order valence-corrected chi connectivity index (χ2v) is 3.75. The molecule has 0 aliphatic heterocycles. The van der Waals surface area contributed by atoms with Crippen molar-refractivity contribution in [2.45, 2.75) is 0 Å². The third kappa shape index (κ3) is 2.74. The van der Waals surface area contributed by atoms with Crippen LogP contribution in [0.2, 0.25) is 0 Å². The van der Waals surface area contributed by atoms with Gasteiger partial charge in [-0.1, -0.05) is 0 Å². The van der Waals surface area contributed by atoms with Crippen LogP contribution in [0.3, 0.4) is 0 Å². The Bertz CT molecular complexity index is 366. The summed E-state index contributed by atoms with van der Waals surface area (Å²) in [6.07, 6.45) is 0. The van der Waals surface area contributed by atoms with Crippen LogP contribution in [0.25, 0.3) is 0 Å². The van der Waals surface area contributed by atoms with Crippen LogP contribution in [-0.2, 0) is 0 Å². The maximum Gasteiger partial charge on any atom is 0.257 e. The van der Waals surface area contributed by atoms with Crippen LogP contribution in [0.4, 0.5) is 5.69 Å². The first-order valence-electron chi connectivity index (χ1n) is 4.36. The van der Waals surface area contributed by atoms with Crippen molar-refractivity contribution in [2.24, 2.45) is 0 Å². The number of rotatable bonds is 3. The molecule has 0 spiro atoms. The van der Waals surface area contributed by atoms with Crippen molar-refractivity contribution in [1.82, 2.24) is 4.90 Å². The topological polar surface area (TPSA) is 41.6 Å². The number of carbonyl (C=O) groups excluding carboxylic acids is 1. The zero-order valence-corrected chi connectivity index (χ0v) is 11.0. The highest BCUT2D eigenvalue weighted by Crippen LogP contribution is 2.24. The van der Waals surface area contributed by atoms with E-state index in [4.69, 9.17) is 4.74 Å². The SMILES string of the molecule is COc1ccc(NI)cc1C(=O)N(C)C. The smallest absolute Gasteiger partial charge is 0.257 e. The first kappa shape index (κ1) is 12.1. The van der Waals surface area contributed by atoms with Crippen molar-refractivity contribution in [3.05, 3.63) is 23.8 Å². The summed E-state index contributed by atoms with van der Waals surface area (Å²) in [4.78, 5) is 13.3. The van der Waals surface area contributed by atoms with Crippen molar-refractivity contribution < 1.29 is 9.53 Å². The number of halogens is 1. The molecule has 4 nitrogen and oxygen atoms in total. The van der Waals surface area contributed by atoms with Crippen LogP contribution >= 0.6 is 22.9 Å². The van der Waals surface area contributed by atoms with Gasteiger partial charge in [0, 0.05) is 19.8 Å². The molecular formula is C10H13IN2O2. The van der Waals surface area contributed by atoms with E-state index in [2.05, 4.69) is 3.53 Å². The fraction of sp³-hybridized carbons (Fsp3) is 0.300. The predicted octanol–water partition coefficient (Wildman–Crippen LogP) is 2.16. The zero-order valence-electron chi connectivity index (χ0n) is 8.87. The standard InChI is InChI=1S/C10H13IN2O2/c1-13(2)10(14)8-6-7(12-11)4-5-9(8)15-3/h4-6,12H,1-3H3. The van der Waals surface area contributed by atoms with Crippen LogP contribution < -0.4 is 8.27 Å². The first-order chi connectivity index (χ1) is 7.10. The van der Waals surface area contributed by atoms with E-state index in [0.717, 1.165) is 5.69 Å². The molecule has 1 rings (SSSR count). The average molecular weight is 320 g/mol. The maximum absolute atomic E-state index is 11.8. The molecule has 0 aliphatic rings. The lowest BCUT2D eigenvalue weighted by Crippen LogP contribution is -2.22. The van der Waals surface area contributed by atoms with E-state index >= 15 is 0 Å². The zero-order chi connectivity index (χ0) is 11.4. The van der Waals surface area contributed by atoms with Crippen molar-refractivity contribution in [3.63, 3.8) is 0 Å². The Labute approximate surface area is 103 Å². The van der Waals surface area contributed by atoms with Gasteiger partial charge in [-0.15, -0.1) is 0 Å². The number of benzene rings is 1. The molecule has 0 aromatic heterocycles. The fourth-order valence-electron chi connectivity index (χ4n) is 1.17. The molecule has 0 radical (unpaired) electrons. The second-order valence-electron chi connectivity index (χ2n) is 3.21. The molecule has 0 saturated heterocycles. The molecule has 1 N–H and O–H groups in total. The summed E-state index contributed by atoms with van der Waals surface area (Å²) in [5.74, 6) is 0.518. The fourth-order valence-corrected chi connectivity index (χ4v) is 1.51.